The molecule has 0 bridgehead atoms. The number of nitrogens with zero attached hydrogens (tertiary/aromatic N) is 6. The lowest BCUT2D eigenvalue weighted by Crippen LogP contribution is -2.24. The Balaban J connectivity index is 1.54. The van der Waals surface area contributed by atoms with Gasteiger partial charge in [0.15, 0.2) is 0 Å². The molecule has 11 nitrogen and oxygen atoms in total. The van der Waals surface area contributed by atoms with Gasteiger partial charge in [-0.2, -0.15) is 0 Å². The van der Waals surface area contributed by atoms with Gasteiger partial charge in [-0.1, -0.05) is 68.8 Å². The van der Waals surface area contributed by atoms with Gasteiger partial charge in [0, 0.05) is 22.3 Å². The van der Waals surface area contributed by atoms with Crippen LogP contribution in [0.2, 0.25) is 0 Å². The average Bonchev–Trinajstić information content (AvgIpc) is 3.11. The predicted molar refractivity (Wildman–Crippen MR) is 200 cm³/mol. The normalized spacial score (nSPS) is 11.0. The zero-order valence-corrected chi connectivity index (χ0v) is 31.2. The Hall–Kier alpha value is -6.75. The Labute approximate surface area is 312 Å². The summed E-state index contributed by atoms with van der Waals surface area (Å²) in [6, 6.07) is 20.7. The van der Waals surface area contributed by atoms with Gasteiger partial charge in [0.05, 0.1) is 0 Å². The quantitative estimate of drug-likeness (QED) is 0.139. The van der Waals surface area contributed by atoms with E-state index in [1.807, 2.05) is 79.7 Å². The summed E-state index contributed by atoms with van der Waals surface area (Å²) in [4.78, 5) is 95.3. The van der Waals surface area contributed by atoms with Gasteiger partial charge in [-0.3, -0.25) is 24.0 Å². The minimum atomic E-state index is -1.06. The van der Waals surface area contributed by atoms with Gasteiger partial charge < -0.3 is 0 Å². The number of aromatic nitrogens is 6. The van der Waals surface area contributed by atoms with Crippen molar-refractivity contribution in [3.63, 3.8) is 0 Å². The summed E-state index contributed by atoms with van der Waals surface area (Å²) in [5, 5.41) is 0. The van der Waals surface area contributed by atoms with Crippen LogP contribution in [0.25, 0.3) is 0 Å². The summed E-state index contributed by atoms with van der Waals surface area (Å²) in [6.45, 7) is 14.6. The van der Waals surface area contributed by atoms with E-state index < -0.39 is 63.9 Å². The van der Waals surface area contributed by atoms with Crippen LogP contribution in [0.1, 0.15) is 126 Å². The monoisotopic (exact) mass is 716 g/mol. The van der Waals surface area contributed by atoms with Crippen molar-refractivity contribution in [2.45, 2.75) is 55.4 Å². The van der Waals surface area contributed by atoms with Crippen LogP contribution in [0, 0.1) is 55.4 Å². The molecular formula is C43H36N6O5. The molecule has 0 atom stereocenters. The first kappa shape index (κ1) is 37.0. The smallest absolute Gasteiger partial charge is 0.267 e. The van der Waals surface area contributed by atoms with Crippen LogP contribution in [-0.2, 0) is 0 Å². The predicted octanol–water partition coefficient (Wildman–Crippen LogP) is 6.68. The van der Waals surface area contributed by atoms with Crippen molar-refractivity contribution < 1.29 is 24.0 Å². The standard InChI is InChI=1S/C43H36N6O5/c1-21-9-22(2)14-29(13-21)33(50)38-44-39(34(51)30-15-23(3)10-24(4)16-30)47-42(46-38)37(54)43-48-40(35(52)31-17-25(5)11-26(6)18-31)45-41(49-43)36(53)32-19-27(7)12-28(8)20-32/h9-20H,1-8H3. The van der Waals surface area contributed by atoms with Crippen LogP contribution >= 0.6 is 0 Å². The van der Waals surface area contributed by atoms with Gasteiger partial charge in [0.2, 0.25) is 58.1 Å². The molecule has 2 heterocycles. The Morgan fingerprint density at radius 3 is 0.574 bits per heavy atom. The lowest BCUT2D eigenvalue weighted by atomic mass is 10.0. The zero-order valence-electron chi connectivity index (χ0n) is 31.2. The fraction of sp³-hybridized carbons (Fsp3) is 0.186. The third-order valence-corrected chi connectivity index (χ3v) is 8.42. The van der Waals surface area contributed by atoms with E-state index in [0.717, 1.165) is 44.5 Å². The molecule has 0 aliphatic heterocycles. The maximum absolute atomic E-state index is 14.4. The average molecular weight is 717 g/mol. The highest BCUT2D eigenvalue weighted by molar-refractivity contribution is 6.13. The molecule has 0 fully saturated rings. The topological polar surface area (TPSA) is 163 Å². The molecule has 0 spiro atoms. The van der Waals surface area contributed by atoms with Gasteiger partial charge in [0.25, 0.3) is 5.78 Å². The molecule has 0 unspecified atom stereocenters. The molecule has 0 N–H and O–H groups in total. The molecule has 0 aliphatic rings. The van der Waals surface area contributed by atoms with Crippen molar-refractivity contribution >= 4 is 28.9 Å². The van der Waals surface area contributed by atoms with Crippen molar-refractivity contribution in [2.24, 2.45) is 0 Å². The van der Waals surface area contributed by atoms with E-state index in [9.17, 15) is 24.0 Å². The second-order valence-corrected chi connectivity index (χ2v) is 13.8. The van der Waals surface area contributed by atoms with Crippen molar-refractivity contribution in [1.82, 2.24) is 29.9 Å². The number of rotatable bonds is 10. The molecule has 2 aromatic heterocycles. The molecule has 0 radical (unpaired) electrons. The van der Waals surface area contributed by atoms with Gasteiger partial charge in [-0.25, -0.2) is 29.9 Å². The molecule has 4 aromatic carbocycles. The zero-order chi connectivity index (χ0) is 39.0. The van der Waals surface area contributed by atoms with Crippen LogP contribution < -0.4 is 0 Å². The van der Waals surface area contributed by atoms with E-state index in [-0.39, 0.29) is 22.3 Å². The van der Waals surface area contributed by atoms with Gasteiger partial charge in [-0.05, 0) is 104 Å². The minimum Gasteiger partial charge on any atom is -0.285 e. The number of benzene rings is 4. The second-order valence-electron chi connectivity index (χ2n) is 13.8. The largest absolute Gasteiger partial charge is 0.285 e. The second kappa shape index (κ2) is 14.7. The molecule has 6 rings (SSSR count). The fourth-order valence-corrected chi connectivity index (χ4v) is 6.40. The molecule has 0 saturated carbocycles. The van der Waals surface area contributed by atoms with E-state index >= 15 is 0 Å². The third-order valence-electron chi connectivity index (χ3n) is 8.42. The Morgan fingerprint density at radius 1 is 0.259 bits per heavy atom. The Morgan fingerprint density at radius 2 is 0.407 bits per heavy atom. The molecule has 0 saturated heterocycles. The van der Waals surface area contributed by atoms with Gasteiger partial charge >= 0.3 is 0 Å². The number of hydrogen-bond donors (Lipinski definition) is 0. The summed E-state index contributed by atoms with van der Waals surface area (Å²) < 4.78 is 0. The summed E-state index contributed by atoms with van der Waals surface area (Å²) in [6.07, 6.45) is 0. The maximum Gasteiger partial charge on any atom is 0.267 e. The van der Waals surface area contributed by atoms with Crippen molar-refractivity contribution in [1.29, 1.82) is 0 Å². The van der Waals surface area contributed by atoms with Gasteiger partial charge in [-0.15, -0.1) is 0 Å². The van der Waals surface area contributed by atoms with Gasteiger partial charge in [0.1, 0.15) is 0 Å². The minimum absolute atomic E-state index is 0.240. The van der Waals surface area contributed by atoms with Crippen LogP contribution in [0.3, 0.4) is 0 Å². The molecule has 0 amide bonds. The highest BCUT2D eigenvalue weighted by atomic mass is 16.2. The van der Waals surface area contributed by atoms with E-state index in [1.165, 1.54) is 0 Å². The highest BCUT2D eigenvalue weighted by Gasteiger charge is 2.29. The van der Waals surface area contributed by atoms with Crippen molar-refractivity contribution in [3.05, 3.63) is 175 Å². The van der Waals surface area contributed by atoms with Crippen molar-refractivity contribution in [3.8, 4) is 0 Å². The summed E-state index contributed by atoms with van der Waals surface area (Å²) in [5.74, 6) is -6.78. The van der Waals surface area contributed by atoms with Crippen molar-refractivity contribution in [2.75, 3.05) is 0 Å². The molecule has 11 heteroatoms. The molecule has 0 aliphatic carbocycles. The molecule has 6 aromatic rings. The number of carbonyl (C=O) groups is 5. The van der Waals surface area contributed by atoms with E-state index in [4.69, 9.17) is 0 Å². The molecule has 268 valence electrons. The van der Waals surface area contributed by atoms with E-state index in [0.29, 0.717) is 0 Å². The maximum atomic E-state index is 14.4. The highest BCUT2D eigenvalue weighted by Crippen LogP contribution is 2.19. The van der Waals surface area contributed by atoms with E-state index in [2.05, 4.69) is 29.9 Å². The van der Waals surface area contributed by atoms with Crippen LogP contribution in [0.15, 0.2) is 72.8 Å². The molecular weight excluding hydrogens is 681 g/mol. The first-order valence-electron chi connectivity index (χ1n) is 17.1. The number of hydrogen-bond acceptors (Lipinski definition) is 11. The van der Waals surface area contributed by atoms with Crippen LogP contribution in [-0.4, -0.2) is 58.8 Å². The molecule has 54 heavy (non-hydrogen) atoms. The first-order valence-corrected chi connectivity index (χ1v) is 17.1. The number of aryl methyl sites for hydroxylation is 8. The lowest BCUT2D eigenvalue weighted by molar-refractivity contribution is 0.100. The van der Waals surface area contributed by atoms with E-state index in [1.54, 1.807) is 48.5 Å². The fourth-order valence-electron chi connectivity index (χ4n) is 6.40. The van der Waals surface area contributed by atoms with Crippen LogP contribution in [0.5, 0.6) is 0 Å². The van der Waals surface area contributed by atoms with Crippen LogP contribution in [0.4, 0.5) is 0 Å². The summed E-state index contributed by atoms with van der Waals surface area (Å²) >= 11 is 0. The first-order chi connectivity index (χ1) is 25.5. The Bertz CT molecular complexity index is 2170. The summed E-state index contributed by atoms with van der Waals surface area (Å²) in [7, 11) is 0. The third kappa shape index (κ3) is 8.00. The summed E-state index contributed by atoms with van der Waals surface area (Å²) in [5.41, 5.74) is 7.42. The Kier molecular flexibility index (Phi) is 10.1. The lowest BCUT2D eigenvalue weighted by Gasteiger charge is -2.10. The number of carbonyl (C=O) groups excluding carboxylic acids is 5. The SMILES string of the molecule is Cc1cc(C)cc(C(=O)c2nc(C(=O)c3cc(C)cc(C)c3)nc(C(=O)c3nc(C(=O)c4cc(C)cc(C)c4)nc(C(=O)c4cc(C)cc(C)c4)n3)n2)c1. The number of ketones is 5.